The molecule has 16 heavy (non-hydrogen) atoms. The smallest absolute Gasteiger partial charge is 0.0589 e. The average Bonchev–Trinajstić information content (AvgIpc) is 3.02. The zero-order valence-electron chi connectivity index (χ0n) is 11.3. The van der Waals surface area contributed by atoms with Crippen LogP contribution in [0.1, 0.15) is 40.0 Å². The molecular weight excluding hydrogens is 200 g/mol. The maximum Gasteiger partial charge on any atom is 0.0589 e. The summed E-state index contributed by atoms with van der Waals surface area (Å²) in [7, 11) is 1.79. The van der Waals surface area contributed by atoms with E-state index in [1.165, 1.54) is 19.3 Å². The van der Waals surface area contributed by atoms with Crippen LogP contribution in [0.25, 0.3) is 0 Å². The molecule has 0 radical (unpaired) electrons. The maximum atomic E-state index is 5.20. The fourth-order valence-corrected chi connectivity index (χ4v) is 2.44. The van der Waals surface area contributed by atoms with Crippen LogP contribution in [-0.2, 0) is 4.74 Å². The lowest BCUT2D eigenvalue weighted by Gasteiger charge is -2.31. The Kier molecular flexibility index (Phi) is 6.32. The number of hydrogen-bond donors (Lipinski definition) is 1. The number of nitrogens with one attached hydrogen (secondary N) is 1. The van der Waals surface area contributed by atoms with Crippen LogP contribution in [0, 0.1) is 0 Å². The van der Waals surface area contributed by atoms with Gasteiger partial charge in [-0.2, -0.15) is 0 Å². The van der Waals surface area contributed by atoms with Crippen LogP contribution in [0.5, 0.6) is 0 Å². The maximum absolute atomic E-state index is 5.20. The molecule has 1 N–H and O–H groups in total. The van der Waals surface area contributed by atoms with Crippen molar-refractivity contribution in [2.24, 2.45) is 0 Å². The predicted molar refractivity (Wildman–Crippen MR) is 68.8 cm³/mol. The highest BCUT2D eigenvalue weighted by molar-refractivity contribution is 4.88. The standard InChI is InChI=1S/C13H28N2O/c1-5-14-11(2)10-12(3)15(8-9-16-4)13-6-7-13/h11-14H,5-10H2,1-4H3. The Morgan fingerprint density at radius 3 is 2.56 bits per heavy atom. The number of rotatable bonds is 9. The summed E-state index contributed by atoms with van der Waals surface area (Å²) in [6.45, 7) is 9.81. The second-order valence-electron chi connectivity index (χ2n) is 5.01. The molecule has 0 aromatic heterocycles. The van der Waals surface area contributed by atoms with E-state index < -0.39 is 0 Å². The van der Waals surface area contributed by atoms with Crippen LogP contribution < -0.4 is 5.32 Å². The molecule has 0 heterocycles. The SMILES string of the molecule is CCNC(C)CC(C)N(CCOC)C1CC1. The average molecular weight is 228 g/mol. The van der Waals surface area contributed by atoms with Crippen molar-refractivity contribution in [2.75, 3.05) is 26.8 Å². The summed E-state index contributed by atoms with van der Waals surface area (Å²) < 4.78 is 5.20. The van der Waals surface area contributed by atoms with Crippen LogP contribution in [0.4, 0.5) is 0 Å². The molecule has 1 aliphatic carbocycles. The Morgan fingerprint density at radius 1 is 1.38 bits per heavy atom. The quantitative estimate of drug-likeness (QED) is 0.652. The van der Waals surface area contributed by atoms with Gasteiger partial charge in [-0.25, -0.2) is 0 Å². The van der Waals surface area contributed by atoms with Crippen molar-refractivity contribution in [3.05, 3.63) is 0 Å². The Balaban J connectivity index is 2.31. The number of nitrogens with zero attached hydrogens (tertiary/aromatic N) is 1. The molecule has 0 aromatic carbocycles. The summed E-state index contributed by atoms with van der Waals surface area (Å²) in [5.74, 6) is 0. The minimum Gasteiger partial charge on any atom is -0.383 e. The van der Waals surface area contributed by atoms with E-state index in [1.807, 2.05) is 0 Å². The molecule has 0 bridgehead atoms. The van der Waals surface area contributed by atoms with E-state index in [9.17, 15) is 0 Å². The normalized spacial score (nSPS) is 20.1. The van der Waals surface area contributed by atoms with Crippen LogP contribution in [0.2, 0.25) is 0 Å². The number of ether oxygens (including phenoxy) is 1. The van der Waals surface area contributed by atoms with Gasteiger partial charge in [0.2, 0.25) is 0 Å². The number of hydrogen-bond acceptors (Lipinski definition) is 3. The van der Waals surface area contributed by atoms with E-state index in [2.05, 4.69) is 31.0 Å². The highest BCUT2D eigenvalue weighted by Crippen LogP contribution is 2.29. The highest BCUT2D eigenvalue weighted by atomic mass is 16.5. The van der Waals surface area contributed by atoms with E-state index in [0.717, 1.165) is 25.7 Å². The van der Waals surface area contributed by atoms with Gasteiger partial charge in [-0.3, -0.25) is 4.90 Å². The van der Waals surface area contributed by atoms with Gasteiger partial charge in [0.05, 0.1) is 6.61 Å². The zero-order valence-corrected chi connectivity index (χ0v) is 11.3. The summed E-state index contributed by atoms with van der Waals surface area (Å²) in [4.78, 5) is 2.62. The van der Waals surface area contributed by atoms with Gasteiger partial charge in [0, 0.05) is 31.8 Å². The minimum absolute atomic E-state index is 0.615. The molecule has 1 saturated carbocycles. The third kappa shape index (κ3) is 4.81. The Morgan fingerprint density at radius 2 is 2.06 bits per heavy atom. The zero-order chi connectivity index (χ0) is 12.0. The first-order chi connectivity index (χ1) is 7.69. The van der Waals surface area contributed by atoms with E-state index >= 15 is 0 Å². The Bertz CT molecular complexity index is 183. The lowest BCUT2D eigenvalue weighted by molar-refractivity contribution is 0.112. The second-order valence-corrected chi connectivity index (χ2v) is 5.01. The minimum atomic E-state index is 0.615. The predicted octanol–water partition coefficient (Wildman–Crippen LogP) is 1.87. The van der Waals surface area contributed by atoms with Gasteiger partial charge >= 0.3 is 0 Å². The first-order valence-corrected chi connectivity index (χ1v) is 6.67. The molecule has 1 aliphatic rings. The van der Waals surface area contributed by atoms with E-state index in [1.54, 1.807) is 7.11 Å². The lowest BCUT2D eigenvalue weighted by Crippen LogP contribution is -2.41. The molecule has 2 unspecified atom stereocenters. The molecular formula is C13H28N2O. The summed E-state index contributed by atoms with van der Waals surface area (Å²) in [5.41, 5.74) is 0. The third-order valence-corrected chi connectivity index (χ3v) is 3.38. The van der Waals surface area contributed by atoms with Crippen LogP contribution in [-0.4, -0.2) is 49.8 Å². The van der Waals surface area contributed by atoms with Crippen LogP contribution in [0.3, 0.4) is 0 Å². The largest absolute Gasteiger partial charge is 0.383 e. The highest BCUT2D eigenvalue weighted by Gasteiger charge is 2.32. The monoisotopic (exact) mass is 228 g/mol. The van der Waals surface area contributed by atoms with Gasteiger partial charge in [-0.05, 0) is 39.7 Å². The van der Waals surface area contributed by atoms with Gasteiger partial charge in [0.25, 0.3) is 0 Å². The molecule has 3 heteroatoms. The third-order valence-electron chi connectivity index (χ3n) is 3.38. The van der Waals surface area contributed by atoms with E-state index in [4.69, 9.17) is 4.74 Å². The molecule has 0 spiro atoms. The summed E-state index contributed by atoms with van der Waals surface area (Å²) >= 11 is 0. The van der Waals surface area contributed by atoms with Gasteiger partial charge < -0.3 is 10.1 Å². The van der Waals surface area contributed by atoms with Gasteiger partial charge in [-0.15, -0.1) is 0 Å². The van der Waals surface area contributed by atoms with Crippen molar-refractivity contribution in [3.63, 3.8) is 0 Å². The molecule has 0 amide bonds. The Hall–Kier alpha value is -0.120. The second kappa shape index (κ2) is 7.25. The number of methoxy groups -OCH3 is 1. The van der Waals surface area contributed by atoms with Gasteiger partial charge in [-0.1, -0.05) is 6.92 Å². The molecule has 1 rings (SSSR count). The molecule has 0 saturated heterocycles. The molecule has 2 atom stereocenters. The summed E-state index contributed by atoms with van der Waals surface area (Å²) in [6.07, 6.45) is 3.99. The first-order valence-electron chi connectivity index (χ1n) is 6.67. The van der Waals surface area contributed by atoms with Crippen molar-refractivity contribution in [1.29, 1.82) is 0 Å². The van der Waals surface area contributed by atoms with Gasteiger partial charge in [0.15, 0.2) is 0 Å². The van der Waals surface area contributed by atoms with E-state index in [-0.39, 0.29) is 0 Å². The first kappa shape index (κ1) is 13.9. The van der Waals surface area contributed by atoms with E-state index in [0.29, 0.717) is 12.1 Å². The summed E-state index contributed by atoms with van der Waals surface area (Å²) in [6, 6.07) is 2.11. The fraction of sp³-hybridized carbons (Fsp3) is 1.00. The Labute approximate surface area is 101 Å². The molecule has 0 aliphatic heterocycles. The van der Waals surface area contributed by atoms with Crippen molar-refractivity contribution >= 4 is 0 Å². The van der Waals surface area contributed by atoms with Crippen molar-refractivity contribution in [1.82, 2.24) is 10.2 Å². The molecule has 96 valence electrons. The van der Waals surface area contributed by atoms with Crippen LogP contribution >= 0.6 is 0 Å². The summed E-state index contributed by atoms with van der Waals surface area (Å²) in [5, 5.41) is 3.49. The molecule has 3 nitrogen and oxygen atoms in total. The van der Waals surface area contributed by atoms with Crippen LogP contribution in [0.15, 0.2) is 0 Å². The van der Waals surface area contributed by atoms with Crippen molar-refractivity contribution in [3.8, 4) is 0 Å². The fourth-order valence-electron chi connectivity index (χ4n) is 2.44. The van der Waals surface area contributed by atoms with Crippen molar-refractivity contribution < 1.29 is 4.74 Å². The molecule has 1 fully saturated rings. The molecule has 0 aromatic rings. The topological polar surface area (TPSA) is 24.5 Å². The van der Waals surface area contributed by atoms with Crippen molar-refractivity contribution in [2.45, 2.75) is 58.2 Å². The van der Waals surface area contributed by atoms with Gasteiger partial charge in [0.1, 0.15) is 0 Å². The lowest BCUT2D eigenvalue weighted by atomic mass is 10.1.